The van der Waals surface area contributed by atoms with E-state index in [1.807, 2.05) is 60.8 Å². The fourth-order valence-electron chi connectivity index (χ4n) is 3.60. The van der Waals surface area contributed by atoms with E-state index in [0.717, 1.165) is 55.3 Å². The summed E-state index contributed by atoms with van der Waals surface area (Å²) in [6.07, 6.45) is 2.72. The Morgan fingerprint density at radius 3 is 2.32 bits per heavy atom. The minimum atomic E-state index is 0.716. The maximum absolute atomic E-state index is 10.8. The summed E-state index contributed by atoms with van der Waals surface area (Å²) in [7, 11) is 0. The highest BCUT2D eigenvalue weighted by Crippen LogP contribution is 2.25. The molecule has 0 amide bonds. The number of aldehydes is 1. The molecule has 1 fully saturated rings. The second kappa shape index (κ2) is 8.55. The first kappa shape index (κ1) is 18.7. The summed E-state index contributed by atoms with van der Waals surface area (Å²) in [5.74, 6) is 0. The number of carbonyl (C=O) groups excluding carboxylic acids is 1. The molecule has 0 unspecified atom stereocenters. The minimum absolute atomic E-state index is 0.716. The number of benzene rings is 2. The lowest BCUT2D eigenvalue weighted by Crippen LogP contribution is -2.46. The van der Waals surface area contributed by atoms with Crippen LogP contribution in [0.1, 0.15) is 15.9 Å². The van der Waals surface area contributed by atoms with Gasteiger partial charge in [0.2, 0.25) is 0 Å². The van der Waals surface area contributed by atoms with Crippen molar-refractivity contribution in [2.75, 3.05) is 31.1 Å². The number of aromatic nitrogens is 1. The van der Waals surface area contributed by atoms with E-state index < -0.39 is 0 Å². The van der Waals surface area contributed by atoms with Crippen molar-refractivity contribution in [1.29, 1.82) is 0 Å². The third-order valence-electron chi connectivity index (χ3n) is 5.17. The van der Waals surface area contributed by atoms with Crippen LogP contribution in [0.4, 0.5) is 5.69 Å². The number of rotatable bonds is 5. The lowest BCUT2D eigenvalue weighted by molar-refractivity contribution is 0.112. The summed E-state index contributed by atoms with van der Waals surface area (Å²) in [5, 5.41) is 0.735. The van der Waals surface area contributed by atoms with E-state index >= 15 is 0 Å². The number of hydrogen-bond donors (Lipinski definition) is 0. The van der Waals surface area contributed by atoms with Gasteiger partial charge in [-0.1, -0.05) is 29.8 Å². The third-order valence-corrected chi connectivity index (χ3v) is 5.42. The Morgan fingerprint density at radius 2 is 1.64 bits per heavy atom. The van der Waals surface area contributed by atoms with Crippen LogP contribution < -0.4 is 4.90 Å². The van der Waals surface area contributed by atoms with Crippen LogP contribution >= 0.6 is 11.6 Å². The summed E-state index contributed by atoms with van der Waals surface area (Å²) >= 11 is 6.03. The zero-order valence-corrected chi connectivity index (χ0v) is 16.3. The summed E-state index contributed by atoms with van der Waals surface area (Å²) < 4.78 is 0. The molecule has 28 heavy (non-hydrogen) atoms. The van der Waals surface area contributed by atoms with Crippen LogP contribution in [0.2, 0.25) is 5.02 Å². The monoisotopic (exact) mass is 391 g/mol. The van der Waals surface area contributed by atoms with Gasteiger partial charge in [-0.05, 0) is 48.0 Å². The Labute approximate surface area is 170 Å². The van der Waals surface area contributed by atoms with Gasteiger partial charge < -0.3 is 4.90 Å². The Morgan fingerprint density at radius 1 is 0.929 bits per heavy atom. The molecule has 4 nitrogen and oxygen atoms in total. The number of pyridine rings is 1. The molecule has 0 atom stereocenters. The van der Waals surface area contributed by atoms with Crippen molar-refractivity contribution in [3.05, 3.63) is 83.0 Å². The lowest BCUT2D eigenvalue weighted by Gasteiger charge is -2.36. The highest BCUT2D eigenvalue weighted by molar-refractivity contribution is 6.30. The topological polar surface area (TPSA) is 36.4 Å². The number of anilines is 1. The molecule has 0 spiro atoms. The van der Waals surface area contributed by atoms with Crippen molar-refractivity contribution in [2.45, 2.75) is 6.54 Å². The van der Waals surface area contributed by atoms with Gasteiger partial charge in [0.1, 0.15) is 6.29 Å². The zero-order chi connectivity index (χ0) is 19.3. The Balaban J connectivity index is 1.42. The quantitative estimate of drug-likeness (QED) is 0.598. The highest BCUT2D eigenvalue weighted by Gasteiger charge is 2.19. The van der Waals surface area contributed by atoms with Crippen LogP contribution in [0.5, 0.6) is 0 Å². The summed E-state index contributed by atoms with van der Waals surface area (Å²) in [6.45, 7) is 4.80. The lowest BCUT2D eigenvalue weighted by atomic mass is 10.1. The molecule has 4 rings (SSSR count). The molecule has 1 aliphatic heterocycles. The maximum atomic E-state index is 10.8. The van der Waals surface area contributed by atoms with E-state index in [1.165, 1.54) is 11.3 Å². The molecule has 0 radical (unpaired) electrons. The van der Waals surface area contributed by atoms with Gasteiger partial charge in [0.15, 0.2) is 0 Å². The van der Waals surface area contributed by atoms with Gasteiger partial charge in [-0.3, -0.25) is 14.7 Å². The Bertz CT molecular complexity index is 933. The molecule has 1 aromatic heterocycles. The van der Waals surface area contributed by atoms with Gasteiger partial charge in [0.05, 0.1) is 5.69 Å². The summed E-state index contributed by atoms with van der Waals surface area (Å²) in [5.41, 5.74) is 5.23. The second-order valence-electron chi connectivity index (χ2n) is 6.99. The van der Waals surface area contributed by atoms with Crippen molar-refractivity contribution in [2.24, 2.45) is 0 Å². The van der Waals surface area contributed by atoms with E-state index in [9.17, 15) is 4.79 Å². The van der Waals surface area contributed by atoms with Crippen LogP contribution in [0.25, 0.3) is 11.3 Å². The molecule has 3 aromatic rings. The first-order valence-electron chi connectivity index (χ1n) is 9.45. The SMILES string of the molecule is O=Cc1ccc(N2CCN(Cc3cccnc3-c3ccc(Cl)cc3)CC2)cc1. The fraction of sp³-hybridized carbons (Fsp3) is 0.217. The van der Waals surface area contributed by atoms with Crippen molar-refractivity contribution >= 4 is 23.6 Å². The van der Waals surface area contributed by atoms with Crippen LogP contribution in [-0.4, -0.2) is 42.3 Å². The molecular weight excluding hydrogens is 370 g/mol. The molecule has 1 aliphatic rings. The van der Waals surface area contributed by atoms with Crippen molar-refractivity contribution in [3.63, 3.8) is 0 Å². The van der Waals surface area contributed by atoms with Crippen LogP contribution in [-0.2, 0) is 6.54 Å². The van der Waals surface area contributed by atoms with Gasteiger partial charge >= 0.3 is 0 Å². The van der Waals surface area contributed by atoms with Crippen LogP contribution in [0.15, 0.2) is 66.9 Å². The Kier molecular flexibility index (Phi) is 5.70. The number of halogens is 1. The molecule has 142 valence electrons. The van der Waals surface area contributed by atoms with Crippen molar-refractivity contribution in [1.82, 2.24) is 9.88 Å². The summed E-state index contributed by atoms with van der Waals surface area (Å²) in [4.78, 5) is 20.3. The maximum Gasteiger partial charge on any atom is 0.150 e. The fourth-order valence-corrected chi connectivity index (χ4v) is 3.73. The molecule has 2 heterocycles. The van der Waals surface area contributed by atoms with Gasteiger partial charge in [-0.25, -0.2) is 0 Å². The van der Waals surface area contributed by atoms with Gasteiger partial charge in [-0.15, -0.1) is 0 Å². The predicted molar refractivity (Wildman–Crippen MR) is 114 cm³/mol. The Hall–Kier alpha value is -2.69. The minimum Gasteiger partial charge on any atom is -0.369 e. The van der Waals surface area contributed by atoms with Crippen molar-refractivity contribution < 1.29 is 4.79 Å². The third kappa shape index (κ3) is 4.24. The first-order valence-corrected chi connectivity index (χ1v) is 9.83. The smallest absolute Gasteiger partial charge is 0.150 e. The largest absolute Gasteiger partial charge is 0.369 e. The van der Waals surface area contributed by atoms with E-state index in [0.29, 0.717) is 5.56 Å². The zero-order valence-electron chi connectivity index (χ0n) is 15.6. The number of nitrogens with zero attached hydrogens (tertiary/aromatic N) is 3. The van der Waals surface area contributed by atoms with E-state index in [-0.39, 0.29) is 0 Å². The van der Waals surface area contributed by atoms with E-state index in [4.69, 9.17) is 11.6 Å². The van der Waals surface area contributed by atoms with E-state index in [1.54, 1.807) is 0 Å². The number of piperazine rings is 1. The molecule has 0 aliphatic carbocycles. The number of carbonyl (C=O) groups is 1. The van der Waals surface area contributed by atoms with Crippen LogP contribution in [0, 0.1) is 0 Å². The number of hydrogen-bond acceptors (Lipinski definition) is 4. The molecule has 0 N–H and O–H groups in total. The van der Waals surface area contributed by atoms with Gasteiger partial charge in [0.25, 0.3) is 0 Å². The highest BCUT2D eigenvalue weighted by atomic mass is 35.5. The average Bonchev–Trinajstić information content (AvgIpc) is 2.75. The average molecular weight is 392 g/mol. The molecule has 0 bridgehead atoms. The second-order valence-corrected chi connectivity index (χ2v) is 7.43. The summed E-state index contributed by atoms with van der Waals surface area (Å²) in [6, 6.07) is 19.8. The molecular formula is C23H22ClN3O. The first-order chi connectivity index (χ1) is 13.7. The van der Waals surface area contributed by atoms with Gasteiger partial charge in [0, 0.05) is 60.8 Å². The van der Waals surface area contributed by atoms with Gasteiger partial charge in [-0.2, -0.15) is 0 Å². The molecule has 5 heteroatoms. The molecule has 1 saturated heterocycles. The molecule has 2 aromatic carbocycles. The van der Waals surface area contributed by atoms with Crippen LogP contribution in [0.3, 0.4) is 0 Å². The standard InChI is InChI=1S/C23H22ClN3O/c24-21-7-5-19(6-8-21)23-20(2-1-11-25-23)16-26-12-14-27(15-13-26)22-9-3-18(17-28)4-10-22/h1-11,17H,12-16H2. The van der Waals surface area contributed by atoms with E-state index in [2.05, 4.69) is 20.9 Å². The van der Waals surface area contributed by atoms with Crippen molar-refractivity contribution in [3.8, 4) is 11.3 Å². The predicted octanol–water partition coefficient (Wildman–Crippen LogP) is 4.54. The normalized spacial score (nSPS) is 14.8. The molecule has 0 saturated carbocycles.